The van der Waals surface area contributed by atoms with E-state index in [1.54, 1.807) is 7.11 Å². The van der Waals surface area contributed by atoms with E-state index in [0.29, 0.717) is 12.7 Å². The van der Waals surface area contributed by atoms with Crippen LogP contribution in [0, 0.1) is 5.92 Å². The summed E-state index contributed by atoms with van der Waals surface area (Å²) in [5.74, 6) is 0.724. The van der Waals surface area contributed by atoms with E-state index >= 15 is 0 Å². The highest BCUT2D eigenvalue weighted by atomic mass is 16.5. The molecule has 2 heteroatoms. The van der Waals surface area contributed by atoms with E-state index in [9.17, 15) is 0 Å². The molecule has 0 atom stereocenters. The fourth-order valence-electron chi connectivity index (χ4n) is 1.79. The average Bonchev–Trinajstić information content (AvgIpc) is 2.19. The SMILES string of the molecule is C=CC1CCC(OCCOC)CC1. The predicted molar refractivity (Wildman–Crippen MR) is 53.8 cm³/mol. The van der Waals surface area contributed by atoms with E-state index in [1.807, 2.05) is 0 Å². The summed E-state index contributed by atoms with van der Waals surface area (Å²) in [7, 11) is 1.71. The third-order valence-corrected chi connectivity index (χ3v) is 2.69. The van der Waals surface area contributed by atoms with Gasteiger partial charge in [-0.1, -0.05) is 6.08 Å². The van der Waals surface area contributed by atoms with E-state index in [4.69, 9.17) is 9.47 Å². The van der Waals surface area contributed by atoms with Gasteiger partial charge < -0.3 is 9.47 Å². The Morgan fingerprint density at radius 3 is 2.46 bits per heavy atom. The molecule has 0 bridgehead atoms. The summed E-state index contributed by atoms with van der Waals surface area (Å²) in [5.41, 5.74) is 0. The van der Waals surface area contributed by atoms with Crippen molar-refractivity contribution in [1.29, 1.82) is 0 Å². The maximum atomic E-state index is 5.66. The second-order valence-corrected chi connectivity index (χ2v) is 3.64. The molecule has 1 fully saturated rings. The predicted octanol–water partition coefficient (Wildman–Crippen LogP) is 2.39. The molecule has 0 aromatic heterocycles. The van der Waals surface area contributed by atoms with Crippen LogP contribution in [0.2, 0.25) is 0 Å². The lowest BCUT2D eigenvalue weighted by Gasteiger charge is -2.26. The van der Waals surface area contributed by atoms with Crippen molar-refractivity contribution in [2.75, 3.05) is 20.3 Å². The van der Waals surface area contributed by atoms with E-state index in [2.05, 4.69) is 12.7 Å². The molecule has 1 saturated carbocycles. The molecular weight excluding hydrogens is 164 g/mol. The molecule has 0 radical (unpaired) electrons. The average molecular weight is 184 g/mol. The van der Waals surface area contributed by atoms with E-state index in [-0.39, 0.29) is 0 Å². The summed E-state index contributed by atoms with van der Waals surface area (Å²) in [6.07, 6.45) is 7.38. The Labute approximate surface area is 80.9 Å². The van der Waals surface area contributed by atoms with Gasteiger partial charge in [0, 0.05) is 7.11 Å². The molecule has 13 heavy (non-hydrogen) atoms. The fourth-order valence-corrected chi connectivity index (χ4v) is 1.79. The first kappa shape index (κ1) is 10.7. The van der Waals surface area contributed by atoms with Crippen molar-refractivity contribution >= 4 is 0 Å². The number of ether oxygens (including phenoxy) is 2. The summed E-state index contributed by atoms with van der Waals surface area (Å²) < 4.78 is 10.6. The highest BCUT2D eigenvalue weighted by Crippen LogP contribution is 2.26. The molecule has 0 amide bonds. The zero-order chi connectivity index (χ0) is 9.52. The van der Waals surface area contributed by atoms with Gasteiger partial charge in [-0.25, -0.2) is 0 Å². The van der Waals surface area contributed by atoms with Gasteiger partial charge >= 0.3 is 0 Å². The van der Waals surface area contributed by atoms with Crippen molar-refractivity contribution < 1.29 is 9.47 Å². The van der Waals surface area contributed by atoms with Gasteiger partial charge in [-0.3, -0.25) is 0 Å². The highest BCUT2D eigenvalue weighted by molar-refractivity contribution is 4.84. The van der Waals surface area contributed by atoms with Crippen LogP contribution in [0.5, 0.6) is 0 Å². The van der Waals surface area contributed by atoms with Gasteiger partial charge in [-0.15, -0.1) is 6.58 Å². The highest BCUT2D eigenvalue weighted by Gasteiger charge is 2.18. The van der Waals surface area contributed by atoms with Crippen molar-refractivity contribution in [3.63, 3.8) is 0 Å². The molecule has 0 N–H and O–H groups in total. The molecule has 0 saturated heterocycles. The summed E-state index contributed by atoms with van der Waals surface area (Å²) >= 11 is 0. The topological polar surface area (TPSA) is 18.5 Å². The molecule has 1 aliphatic rings. The molecule has 2 nitrogen and oxygen atoms in total. The lowest BCUT2D eigenvalue weighted by atomic mass is 9.87. The summed E-state index contributed by atoms with van der Waals surface area (Å²) in [4.78, 5) is 0. The maximum absolute atomic E-state index is 5.66. The standard InChI is InChI=1S/C11H20O2/c1-3-10-4-6-11(7-5-10)13-9-8-12-2/h3,10-11H,1,4-9H2,2H3. The summed E-state index contributed by atoms with van der Waals surface area (Å²) in [6.45, 7) is 5.27. The molecular formula is C11H20O2. The van der Waals surface area contributed by atoms with E-state index in [1.165, 1.54) is 25.7 Å². The van der Waals surface area contributed by atoms with Crippen LogP contribution in [0.4, 0.5) is 0 Å². The van der Waals surface area contributed by atoms with Crippen molar-refractivity contribution in [1.82, 2.24) is 0 Å². The Kier molecular flexibility index (Phi) is 5.09. The van der Waals surface area contributed by atoms with E-state index < -0.39 is 0 Å². The van der Waals surface area contributed by atoms with Gasteiger partial charge in [0.15, 0.2) is 0 Å². The van der Waals surface area contributed by atoms with Crippen LogP contribution >= 0.6 is 0 Å². The minimum Gasteiger partial charge on any atom is -0.382 e. The van der Waals surface area contributed by atoms with Crippen LogP contribution in [-0.4, -0.2) is 26.4 Å². The van der Waals surface area contributed by atoms with Crippen LogP contribution in [0.25, 0.3) is 0 Å². The molecule has 0 aliphatic heterocycles. The van der Waals surface area contributed by atoms with E-state index in [0.717, 1.165) is 12.5 Å². The zero-order valence-electron chi connectivity index (χ0n) is 8.50. The number of hydrogen-bond acceptors (Lipinski definition) is 2. The van der Waals surface area contributed by atoms with Crippen LogP contribution in [0.3, 0.4) is 0 Å². The first-order valence-corrected chi connectivity index (χ1v) is 5.10. The Morgan fingerprint density at radius 1 is 1.23 bits per heavy atom. The summed E-state index contributed by atoms with van der Waals surface area (Å²) in [5, 5.41) is 0. The molecule has 0 aromatic rings. The molecule has 0 aromatic carbocycles. The zero-order valence-corrected chi connectivity index (χ0v) is 8.50. The minimum atomic E-state index is 0.464. The van der Waals surface area contributed by atoms with Gasteiger partial charge in [0.25, 0.3) is 0 Å². The Balaban J connectivity index is 2.07. The largest absolute Gasteiger partial charge is 0.382 e. The quantitative estimate of drug-likeness (QED) is 0.482. The molecule has 1 aliphatic carbocycles. The van der Waals surface area contributed by atoms with Crippen LogP contribution in [0.1, 0.15) is 25.7 Å². The number of allylic oxidation sites excluding steroid dienone is 1. The Morgan fingerprint density at radius 2 is 1.92 bits per heavy atom. The van der Waals surface area contributed by atoms with Crippen molar-refractivity contribution in [3.8, 4) is 0 Å². The van der Waals surface area contributed by atoms with Gasteiger partial charge in [-0.05, 0) is 31.6 Å². The number of methoxy groups -OCH3 is 1. The first-order chi connectivity index (χ1) is 6.36. The number of rotatable bonds is 5. The van der Waals surface area contributed by atoms with Gasteiger partial charge in [-0.2, -0.15) is 0 Å². The third kappa shape index (κ3) is 3.92. The van der Waals surface area contributed by atoms with Crippen molar-refractivity contribution in [2.45, 2.75) is 31.8 Å². The third-order valence-electron chi connectivity index (χ3n) is 2.69. The molecule has 0 spiro atoms. The van der Waals surface area contributed by atoms with Gasteiger partial charge in [0.2, 0.25) is 0 Å². The van der Waals surface area contributed by atoms with Crippen molar-refractivity contribution in [3.05, 3.63) is 12.7 Å². The molecule has 0 heterocycles. The lowest BCUT2D eigenvalue weighted by molar-refractivity contribution is -0.00450. The lowest BCUT2D eigenvalue weighted by Crippen LogP contribution is -2.22. The smallest absolute Gasteiger partial charge is 0.0704 e. The van der Waals surface area contributed by atoms with Crippen LogP contribution in [-0.2, 0) is 9.47 Å². The Hall–Kier alpha value is -0.340. The fraction of sp³-hybridized carbons (Fsp3) is 0.818. The van der Waals surface area contributed by atoms with Gasteiger partial charge in [0.1, 0.15) is 0 Å². The monoisotopic (exact) mass is 184 g/mol. The molecule has 76 valence electrons. The minimum absolute atomic E-state index is 0.464. The Bertz CT molecular complexity index is 137. The maximum Gasteiger partial charge on any atom is 0.0704 e. The normalized spacial score (nSPS) is 28.7. The van der Waals surface area contributed by atoms with Crippen LogP contribution < -0.4 is 0 Å². The molecule has 1 rings (SSSR count). The second-order valence-electron chi connectivity index (χ2n) is 3.64. The van der Waals surface area contributed by atoms with Gasteiger partial charge in [0.05, 0.1) is 19.3 Å². The van der Waals surface area contributed by atoms with Crippen LogP contribution in [0.15, 0.2) is 12.7 Å². The second kappa shape index (κ2) is 6.17. The summed E-state index contributed by atoms with van der Waals surface area (Å²) in [6, 6.07) is 0. The van der Waals surface area contributed by atoms with Crippen molar-refractivity contribution in [2.24, 2.45) is 5.92 Å². The first-order valence-electron chi connectivity index (χ1n) is 5.10. The number of hydrogen-bond donors (Lipinski definition) is 0. The molecule has 0 unspecified atom stereocenters.